The summed E-state index contributed by atoms with van der Waals surface area (Å²) >= 11 is 0. The molecule has 160 valence electrons. The van der Waals surface area contributed by atoms with Gasteiger partial charge in [0.05, 0.1) is 14.2 Å². The molecule has 1 aliphatic rings. The second kappa shape index (κ2) is 10.5. The lowest BCUT2D eigenvalue weighted by Gasteiger charge is -2.17. The molecule has 30 heavy (non-hydrogen) atoms. The van der Waals surface area contributed by atoms with E-state index < -0.39 is 0 Å². The van der Waals surface area contributed by atoms with Crippen LogP contribution in [0.1, 0.15) is 24.1 Å². The third-order valence-corrected chi connectivity index (χ3v) is 4.81. The molecule has 1 fully saturated rings. The maximum absolute atomic E-state index is 12.1. The zero-order valence-electron chi connectivity index (χ0n) is 17.8. The number of amides is 1. The molecule has 3 rings (SSSR count). The molecule has 0 saturated carbocycles. The van der Waals surface area contributed by atoms with Crippen molar-refractivity contribution in [1.29, 1.82) is 0 Å². The van der Waals surface area contributed by atoms with Gasteiger partial charge >= 0.3 is 0 Å². The summed E-state index contributed by atoms with van der Waals surface area (Å²) in [5.41, 5.74) is 1.78. The molecule has 8 heteroatoms. The molecule has 0 radical (unpaired) electrons. The monoisotopic (exact) mass is 411 g/mol. The fraction of sp³-hybridized carbons (Fsp3) is 0.409. The molecule has 1 saturated heterocycles. The number of ether oxygens (including phenoxy) is 2. The Labute approximate surface area is 177 Å². The predicted octanol–water partition coefficient (Wildman–Crippen LogP) is 2.64. The Morgan fingerprint density at radius 2 is 1.87 bits per heavy atom. The van der Waals surface area contributed by atoms with Gasteiger partial charge in [-0.05, 0) is 43.5 Å². The second-order valence-electron chi connectivity index (χ2n) is 7.05. The Hall–Kier alpha value is -3.29. The average molecular weight is 412 g/mol. The Bertz CT molecular complexity index is 894. The number of benzene rings is 1. The van der Waals surface area contributed by atoms with Crippen LogP contribution in [0.3, 0.4) is 0 Å². The van der Waals surface area contributed by atoms with Crippen LogP contribution < -0.4 is 25.0 Å². The number of nitrogens with zero attached hydrogens (tertiary/aromatic N) is 3. The van der Waals surface area contributed by atoms with Crippen molar-refractivity contribution in [2.75, 3.05) is 50.6 Å². The predicted molar refractivity (Wildman–Crippen MR) is 118 cm³/mol. The molecule has 0 unspecified atom stereocenters. The standard InChI is InChI=1S/C22H29N5O3/c1-16-14-20(27-12-4-5-13-27)26-22(25-16)24-11-10-23-21(28)9-7-17-6-8-18(29-2)19(15-17)30-3/h6-9,14-15H,4-5,10-13H2,1-3H3,(H,23,28)(H,24,25,26)/b9-7+. The quantitative estimate of drug-likeness (QED) is 0.484. The fourth-order valence-corrected chi connectivity index (χ4v) is 3.29. The van der Waals surface area contributed by atoms with Crippen molar-refractivity contribution in [2.24, 2.45) is 0 Å². The van der Waals surface area contributed by atoms with E-state index in [0.717, 1.165) is 30.2 Å². The van der Waals surface area contributed by atoms with Crippen LogP contribution in [0, 0.1) is 6.92 Å². The van der Waals surface area contributed by atoms with Gasteiger partial charge in [0, 0.05) is 44.0 Å². The smallest absolute Gasteiger partial charge is 0.244 e. The summed E-state index contributed by atoms with van der Waals surface area (Å²) in [7, 11) is 3.17. The molecule has 1 amide bonds. The minimum Gasteiger partial charge on any atom is -0.493 e. The van der Waals surface area contributed by atoms with Crippen LogP contribution in [0.25, 0.3) is 6.08 Å². The van der Waals surface area contributed by atoms with E-state index in [4.69, 9.17) is 9.47 Å². The van der Waals surface area contributed by atoms with E-state index in [0.29, 0.717) is 30.5 Å². The highest BCUT2D eigenvalue weighted by molar-refractivity contribution is 5.91. The van der Waals surface area contributed by atoms with Crippen molar-refractivity contribution in [3.05, 3.63) is 41.6 Å². The first-order chi connectivity index (χ1) is 14.6. The third-order valence-electron chi connectivity index (χ3n) is 4.81. The molecule has 2 N–H and O–H groups in total. The Morgan fingerprint density at radius 1 is 1.10 bits per heavy atom. The SMILES string of the molecule is COc1ccc(/C=C/C(=O)NCCNc2nc(C)cc(N3CCCC3)n2)cc1OC. The maximum atomic E-state index is 12.1. The molecule has 2 aromatic rings. The first kappa shape index (κ1) is 21.4. The van der Waals surface area contributed by atoms with Gasteiger partial charge in [-0.3, -0.25) is 4.79 Å². The number of aromatic nitrogens is 2. The van der Waals surface area contributed by atoms with E-state index in [-0.39, 0.29) is 5.91 Å². The summed E-state index contributed by atoms with van der Waals surface area (Å²) in [6.45, 7) is 5.05. The summed E-state index contributed by atoms with van der Waals surface area (Å²) in [6, 6.07) is 7.49. The van der Waals surface area contributed by atoms with Gasteiger partial charge in [-0.25, -0.2) is 4.98 Å². The van der Waals surface area contributed by atoms with Crippen LogP contribution >= 0.6 is 0 Å². The van der Waals surface area contributed by atoms with Gasteiger partial charge in [0.1, 0.15) is 5.82 Å². The number of rotatable bonds is 9. The number of aryl methyl sites for hydroxylation is 1. The minimum absolute atomic E-state index is 0.172. The molecule has 0 bridgehead atoms. The molecule has 1 aliphatic heterocycles. The minimum atomic E-state index is -0.172. The number of carbonyl (C=O) groups is 1. The molecule has 1 aromatic carbocycles. The van der Waals surface area contributed by atoms with Crippen LogP contribution in [0.4, 0.5) is 11.8 Å². The van der Waals surface area contributed by atoms with Gasteiger partial charge in [-0.2, -0.15) is 4.98 Å². The first-order valence-corrected chi connectivity index (χ1v) is 10.1. The molecule has 1 aromatic heterocycles. The van der Waals surface area contributed by atoms with Crippen molar-refractivity contribution < 1.29 is 14.3 Å². The largest absolute Gasteiger partial charge is 0.493 e. The average Bonchev–Trinajstić information content (AvgIpc) is 3.29. The lowest BCUT2D eigenvalue weighted by atomic mass is 10.2. The van der Waals surface area contributed by atoms with E-state index in [1.54, 1.807) is 26.4 Å². The van der Waals surface area contributed by atoms with E-state index >= 15 is 0 Å². The van der Waals surface area contributed by atoms with Crippen molar-refractivity contribution in [3.8, 4) is 11.5 Å². The Kier molecular flexibility index (Phi) is 7.48. The number of anilines is 2. The second-order valence-corrected chi connectivity index (χ2v) is 7.05. The van der Waals surface area contributed by atoms with E-state index in [2.05, 4.69) is 25.5 Å². The maximum Gasteiger partial charge on any atom is 0.244 e. The molecular formula is C22H29N5O3. The van der Waals surface area contributed by atoms with Gasteiger partial charge in [-0.1, -0.05) is 6.07 Å². The summed E-state index contributed by atoms with van der Waals surface area (Å²) in [5.74, 6) is 2.65. The molecule has 0 aliphatic carbocycles. The van der Waals surface area contributed by atoms with E-state index in [1.807, 2.05) is 25.1 Å². The number of hydrogen-bond donors (Lipinski definition) is 2. The van der Waals surface area contributed by atoms with Crippen molar-refractivity contribution >= 4 is 23.7 Å². The van der Waals surface area contributed by atoms with Crippen molar-refractivity contribution in [2.45, 2.75) is 19.8 Å². The summed E-state index contributed by atoms with van der Waals surface area (Å²) in [6.07, 6.45) is 5.63. The van der Waals surface area contributed by atoms with Crippen molar-refractivity contribution in [3.63, 3.8) is 0 Å². The van der Waals surface area contributed by atoms with Crippen LogP contribution in [0.15, 0.2) is 30.3 Å². The zero-order valence-corrected chi connectivity index (χ0v) is 17.8. The normalized spacial score (nSPS) is 13.5. The first-order valence-electron chi connectivity index (χ1n) is 10.1. The highest BCUT2D eigenvalue weighted by atomic mass is 16.5. The lowest BCUT2D eigenvalue weighted by Crippen LogP contribution is -2.27. The summed E-state index contributed by atoms with van der Waals surface area (Å²) in [4.78, 5) is 23.4. The topological polar surface area (TPSA) is 88.6 Å². The fourth-order valence-electron chi connectivity index (χ4n) is 3.29. The number of nitrogens with one attached hydrogen (secondary N) is 2. The molecular weight excluding hydrogens is 382 g/mol. The molecule has 2 heterocycles. The number of methoxy groups -OCH3 is 2. The summed E-state index contributed by atoms with van der Waals surface area (Å²) < 4.78 is 10.5. The zero-order chi connectivity index (χ0) is 21.3. The number of hydrogen-bond acceptors (Lipinski definition) is 7. The van der Waals surface area contributed by atoms with Gasteiger partial charge in [0.25, 0.3) is 0 Å². The molecule has 0 atom stereocenters. The van der Waals surface area contributed by atoms with Crippen LogP contribution in [0.5, 0.6) is 11.5 Å². The van der Waals surface area contributed by atoms with Crippen molar-refractivity contribution in [1.82, 2.24) is 15.3 Å². The van der Waals surface area contributed by atoms with Crippen LogP contribution in [-0.4, -0.2) is 56.3 Å². The Morgan fingerprint density at radius 3 is 2.60 bits per heavy atom. The Balaban J connectivity index is 1.46. The highest BCUT2D eigenvalue weighted by Crippen LogP contribution is 2.27. The van der Waals surface area contributed by atoms with Gasteiger partial charge in [0.2, 0.25) is 11.9 Å². The molecule has 8 nitrogen and oxygen atoms in total. The van der Waals surface area contributed by atoms with Gasteiger partial charge < -0.3 is 25.0 Å². The van der Waals surface area contributed by atoms with E-state index in [1.165, 1.54) is 18.9 Å². The lowest BCUT2D eigenvalue weighted by molar-refractivity contribution is -0.116. The third kappa shape index (κ3) is 5.85. The summed E-state index contributed by atoms with van der Waals surface area (Å²) in [5, 5.41) is 6.04. The van der Waals surface area contributed by atoms with Gasteiger partial charge in [-0.15, -0.1) is 0 Å². The van der Waals surface area contributed by atoms with E-state index in [9.17, 15) is 4.79 Å². The highest BCUT2D eigenvalue weighted by Gasteiger charge is 2.15. The number of carbonyl (C=O) groups excluding carboxylic acids is 1. The van der Waals surface area contributed by atoms with Gasteiger partial charge in [0.15, 0.2) is 11.5 Å². The molecule has 0 spiro atoms. The van der Waals surface area contributed by atoms with Crippen LogP contribution in [0.2, 0.25) is 0 Å². The van der Waals surface area contributed by atoms with Crippen LogP contribution in [-0.2, 0) is 4.79 Å².